The lowest BCUT2D eigenvalue weighted by atomic mass is 9.68. The average Bonchev–Trinajstić information content (AvgIpc) is 3.49. The van der Waals surface area contributed by atoms with Gasteiger partial charge >= 0.3 is 0 Å². The van der Waals surface area contributed by atoms with E-state index in [9.17, 15) is 4.79 Å². The Morgan fingerprint density at radius 2 is 1.93 bits per heavy atom. The lowest BCUT2D eigenvalue weighted by molar-refractivity contribution is 0.0108. The molecule has 0 N–H and O–H groups in total. The number of hydrogen-bond donors (Lipinski definition) is 0. The fraction of sp³-hybridized carbons (Fsp3) is 0.565. The van der Waals surface area contributed by atoms with Gasteiger partial charge in [0.25, 0.3) is 5.91 Å². The fourth-order valence-electron chi connectivity index (χ4n) is 5.27. The summed E-state index contributed by atoms with van der Waals surface area (Å²) in [5.41, 5.74) is 2.25. The van der Waals surface area contributed by atoms with Crippen LogP contribution in [-0.4, -0.2) is 53.1 Å². The normalized spacial score (nSPS) is 25.2. The number of rotatable bonds is 3. The number of carbonyl (C=O) groups excluding carboxylic acids is 1. The summed E-state index contributed by atoms with van der Waals surface area (Å²) in [6, 6.07) is 13.6. The van der Waals surface area contributed by atoms with Crippen molar-refractivity contribution >= 4 is 5.91 Å². The number of aromatic nitrogens is 1. The van der Waals surface area contributed by atoms with Crippen molar-refractivity contribution in [2.75, 3.05) is 26.2 Å². The molecule has 3 aliphatic rings. The Bertz CT molecular complexity index is 835. The second kappa shape index (κ2) is 7.03. The van der Waals surface area contributed by atoms with Crippen LogP contribution in [0.3, 0.4) is 0 Å². The Balaban J connectivity index is 1.31. The molecule has 2 saturated heterocycles. The maximum absolute atomic E-state index is 12.7. The first-order valence-corrected chi connectivity index (χ1v) is 10.6. The smallest absolute Gasteiger partial charge is 0.276 e. The van der Waals surface area contributed by atoms with Gasteiger partial charge in [-0.1, -0.05) is 35.5 Å². The van der Waals surface area contributed by atoms with Crippen LogP contribution in [0.4, 0.5) is 0 Å². The van der Waals surface area contributed by atoms with Gasteiger partial charge in [-0.05, 0) is 55.9 Å². The minimum Gasteiger partial charge on any atom is -0.361 e. The first-order chi connectivity index (χ1) is 13.6. The van der Waals surface area contributed by atoms with E-state index in [2.05, 4.69) is 40.4 Å². The Morgan fingerprint density at radius 1 is 1.18 bits per heavy atom. The molecule has 1 atom stereocenters. The second-order valence-electron chi connectivity index (χ2n) is 9.09. The zero-order valence-electron chi connectivity index (χ0n) is 16.6. The van der Waals surface area contributed by atoms with Gasteiger partial charge < -0.3 is 9.42 Å². The van der Waals surface area contributed by atoms with Crippen molar-refractivity contribution in [1.82, 2.24) is 15.0 Å². The summed E-state index contributed by atoms with van der Waals surface area (Å²) < 4.78 is 5.09. The highest BCUT2D eigenvalue weighted by molar-refractivity contribution is 5.92. The van der Waals surface area contributed by atoms with E-state index in [0.717, 1.165) is 32.0 Å². The predicted molar refractivity (Wildman–Crippen MR) is 107 cm³/mol. The molecule has 1 amide bonds. The minimum atomic E-state index is 0.0150. The van der Waals surface area contributed by atoms with E-state index in [1.807, 2.05) is 11.8 Å². The van der Waals surface area contributed by atoms with Gasteiger partial charge in [0, 0.05) is 38.3 Å². The number of piperidine rings is 2. The molecule has 0 bridgehead atoms. The summed E-state index contributed by atoms with van der Waals surface area (Å²) in [6.45, 7) is 5.87. The van der Waals surface area contributed by atoms with Crippen molar-refractivity contribution in [3.8, 4) is 0 Å². The standard InChI is InChI=1S/C23H29N3O2/c1-17-13-21(24-28-17)22(27)25-11-9-23(10-12-25)14-19(18-5-3-2-4-6-18)15-26(16-23)20-7-8-20/h2-6,13,19-20H,7-12,14-16H2,1H3/t19-/m1/s1. The number of hydrogen-bond acceptors (Lipinski definition) is 4. The molecule has 5 heteroatoms. The Morgan fingerprint density at radius 3 is 2.57 bits per heavy atom. The van der Waals surface area contributed by atoms with Crippen LogP contribution in [0.2, 0.25) is 0 Å². The fourth-order valence-corrected chi connectivity index (χ4v) is 5.27. The predicted octanol–water partition coefficient (Wildman–Crippen LogP) is 3.86. The molecule has 3 fully saturated rings. The highest BCUT2D eigenvalue weighted by Crippen LogP contribution is 2.47. The molecule has 1 aromatic carbocycles. The van der Waals surface area contributed by atoms with Crippen molar-refractivity contribution < 1.29 is 9.32 Å². The third-order valence-corrected chi connectivity index (χ3v) is 6.97. The van der Waals surface area contributed by atoms with Crippen LogP contribution in [0.25, 0.3) is 0 Å². The quantitative estimate of drug-likeness (QED) is 0.813. The van der Waals surface area contributed by atoms with E-state index in [4.69, 9.17) is 4.52 Å². The molecular formula is C23H29N3O2. The molecule has 5 nitrogen and oxygen atoms in total. The number of nitrogens with zero attached hydrogens (tertiary/aromatic N) is 3. The molecule has 2 aliphatic heterocycles. The van der Waals surface area contributed by atoms with Crippen LogP contribution in [0, 0.1) is 12.3 Å². The zero-order chi connectivity index (χ0) is 19.1. The summed E-state index contributed by atoms with van der Waals surface area (Å²) in [7, 11) is 0. The zero-order valence-corrected chi connectivity index (χ0v) is 16.6. The van der Waals surface area contributed by atoms with Crippen LogP contribution >= 0.6 is 0 Å². The molecule has 1 saturated carbocycles. The summed E-state index contributed by atoms with van der Waals surface area (Å²) in [4.78, 5) is 17.5. The number of likely N-dealkylation sites (tertiary alicyclic amines) is 2. The van der Waals surface area contributed by atoms with Crippen molar-refractivity contribution in [1.29, 1.82) is 0 Å². The van der Waals surface area contributed by atoms with Crippen LogP contribution in [0.1, 0.15) is 59.8 Å². The molecule has 28 heavy (non-hydrogen) atoms. The van der Waals surface area contributed by atoms with Crippen LogP contribution < -0.4 is 0 Å². The van der Waals surface area contributed by atoms with Gasteiger partial charge in [0.2, 0.25) is 0 Å². The third-order valence-electron chi connectivity index (χ3n) is 6.97. The van der Waals surface area contributed by atoms with E-state index in [1.165, 1.54) is 37.9 Å². The van der Waals surface area contributed by atoms with Gasteiger partial charge in [-0.2, -0.15) is 0 Å². The first kappa shape index (κ1) is 17.9. The van der Waals surface area contributed by atoms with Crippen LogP contribution in [0.5, 0.6) is 0 Å². The van der Waals surface area contributed by atoms with Crippen molar-refractivity contribution in [3.63, 3.8) is 0 Å². The van der Waals surface area contributed by atoms with E-state index >= 15 is 0 Å². The molecule has 148 valence electrons. The van der Waals surface area contributed by atoms with E-state index < -0.39 is 0 Å². The Hall–Kier alpha value is -2.14. The Kier molecular flexibility index (Phi) is 4.50. The number of amides is 1. The van der Waals surface area contributed by atoms with Gasteiger partial charge in [-0.15, -0.1) is 0 Å². The second-order valence-corrected chi connectivity index (χ2v) is 9.09. The van der Waals surface area contributed by atoms with Gasteiger partial charge in [-0.25, -0.2) is 0 Å². The minimum absolute atomic E-state index is 0.0150. The first-order valence-electron chi connectivity index (χ1n) is 10.6. The van der Waals surface area contributed by atoms with Crippen molar-refractivity contribution in [2.45, 2.75) is 51.0 Å². The maximum Gasteiger partial charge on any atom is 0.276 e. The number of benzene rings is 1. The summed E-state index contributed by atoms with van der Waals surface area (Å²) in [5, 5.41) is 3.92. The van der Waals surface area contributed by atoms with Crippen LogP contribution in [-0.2, 0) is 0 Å². The lowest BCUT2D eigenvalue weighted by Gasteiger charge is -2.50. The highest BCUT2D eigenvalue weighted by Gasteiger charge is 2.46. The maximum atomic E-state index is 12.7. The van der Waals surface area contributed by atoms with Gasteiger partial charge in [0.05, 0.1) is 0 Å². The summed E-state index contributed by atoms with van der Waals surface area (Å²) in [6.07, 6.45) is 6.12. The molecule has 1 spiro atoms. The number of carbonyl (C=O) groups is 1. The van der Waals surface area contributed by atoms with Crippen molar-refractivity contribution in [3.05, 3.63) is 53.4 Å². The molecular weight excluding hydrogens is 350 g/mol. The Labute approximate surface area is 166 Å². The summed E-state index contributed by atoms with van der Waals surface area (Å²) >= 11 is 0. The molecule has 5 rings (SSSR count). The SMILES string of the molecule is Cc1cc(C(=O)N2CCC3(CC2)C[C@@H](c2ccccc2)CN(C2CC2)C3)no1. The van der Waals surface area contributed by atoms with Crippen molar-refractivity contribution in [2.24, 2.45) is 5.41 Å². The van der Waals surface area contributed by atoms with E-state index in [-0.39, 0.29) is 5.91 Å². The molecule has 1 aliphatic carbocycles. The van der Waals surface area contributed by atoms with Crippen LogP contribution in [0.15, 0.2) is 40.9 Å². The molecule has 3 heterocycles. The monoisotopic (exact) mass is 379 g/mol. The van der Waals surface area contributed by atoms with Gasteiger partial charge in [0.1, 0.15) is 5.76 Å². The average molecular weight is 380 g/mol. The summed E-state index contributed by atoms with van der Waals surface area (Å²) in [5.74, 6) is 1.31. The lowest BCUT2D eigenvalue weighted by Crippen LogP contribution is -2.53. The molecule has 0 radical (unpaired) electrons. The number of aryl methyl sites for hydroxylation is 1. The molecule has 2 aromatic rings. The largest absolute Gasteiger partial charge is 0.361 e. The molecule has 0 unspecified atom stereocenters. The highest BCUT2D eigenvalue weighted by atomic mass is 16.5. The van der Waals surface area contributed by atoms with E-state index in [0.29, 0.717) is 22.8 Å². The molecule has 1 aromatic heterocycles. The van der Waals surface area contributed by atoms with E-state index in [1.54, 1.807) is 6.07 Å². The van der Waals surface area contributed by atoms with Gasteiger partial charge in [-0.3, -0.25) is 9.69 Å². The van der Waals surface area contributed by atoms with Gasteiger partial charge in [0.15, 0.2) is 5.69 Å². The topological polar surface area (TPSA) is 49.6 Å². The third kappa shape index (κ3) is 3.48.